The number of hydrogen-bond acceptors (Lipinski definition) is 5. The Labute approximate surface area is 182 Å². The molecule has 2 amide bonds. The molecule has 1 aromatic rings. The summed E-state index contributed by atoms with van der Waals surface area (Å²) < 4.78 is 0. The van der Waals surface area contributed by atoms with Crippen LogP contribution in [0.25, 0.3) is 6.08 Å². The molecule has 0 spiro atoms. The fourth-order valence-electron chi connectivity index (χ4n) is 2.48. The Morgan fingerprint density at radius 3 is 2.52 bits per heavy atom. The van der Waals surface area contributed by atoms with Gasteiger partial charge in [0, 0.05) is 19.2 Å². The molecule has 10 heteroatoms. The zero-order chi connectivity index (χ0) is 23.2. The van der Waals surface area contributed by atoms with Gasteiger partial charge >= 0.3 is 0 Å². The maximum absolute atomic E-state index is 12.5. The van der Waals surface area contributed by atoms with Crippen LogP contribution in [-0.4, -0.2) is 35.4 Å². The van der Waals surface area contributed by atoms with Gasteiger partial charge in [-0.15, -0.1) is 0 Å². The first-order valence-electron chi connectivity index (χ1n) is 10.1. The fraction of sp³-hybridized carbons (Fsp3) is 0.429. The SMILES string of the molecule is Cc1ccc(C=CC(=O)N[C@@H](CCCNC(=N)N[N+](=O)[O-])C(=O)N[CH]CC(C)C)cc1. The van der Waals surface area contributed by atoms with Crippen LogP contribution in [0, 0.1) is 34.9 Å². The maximum atomic E-state index is 12.5. The van der Waals surface area contributed by atoms with E-state index in [9.17, 15) is 19.7 Å². The first-order chi connectivity index (χ1) is 14.7. The van der Waals surface area contributed by atoms with Gasteiger partial charge < -0.3 is 16.0 Å². The van der Waals surface area contributed by atoms with Crippen molar-refractivity contribution in [2.45, 2.75) is 46.1 Å². The molecule has 31 heavy (non-hydrogen) atoms. The van der Waals surface area contributed by atoms with Gasteiger partial charge in [-0.25, -0.2) is 10.1 Å². The molecule has 0 aliphatic carbocycles. The lowest BCUT2D eigenvalue weighted by molar-refractivity contribution is -0.525. The zero-order valence-electron chi connectivity index (χ0n) is 18.1. The minimum absolute atomic E-state index is 0.230. The predicted octanol–water partition coefficient (Wildman–Crippen LogP) is 1.90. The number of amides is 2. The second-order valence-electron chi connectivity index (χ2n) is 7.46. The van der Waals surface area contributed by atoms with E-state index in [2.05, 4.69) is 16.0 Å². The molecule has 0 aliphatic rings. The topological polar surface area (TPSA) is 149 Å². The molecule has 0 heterocycles. The average Bonchev–Trinajstić information content (AvgIpc) is 2.69. The zero-order valence-corrected chi connectivity index (χ0v) is 18.1. The Morgan fingerprint density at radius 1 is 1.23 bits per heavy atom. The largest absolute Gasteiger partial charge is 0.352 e. The van der Waals surface area contributed by atoms with Gasteiger partial charge in [-0.2, -0.15) is 0 Å². The molecule has 169 valence electrons. The highest BCUT2D eigenvalue weighted by molar-refractivity contribution is 5.95. The van der Waals surface area contributed by atoms with Crippen LogP contribution in [0.5, 0.6) is 0 Å². The van der Waals surface area contributed by atoms with E-state index in [0.717, 1.165) is 11.1 Å². The Balaban J connectivity index is 2.62. The molecule has 0 saturated heterocycles. The summed E-state index contributed by atoms with van der Waals surface area (Å²) in [4.78, 5) is 35.1. The van der Waals surface area contributed by atoms with Crippen molar-refractivity contribution in [2.24, 2.45) is 5.92 Å². The molecule has 0 saturated carbocycles. The lowest BCUT2D eigenvalue weighted by atomic mass is 10.1. The van der Waals surface area contributed by atoms with Crippen LogP contribution in [0.3, 0.4) is 0 Å². The van der Waals surface area contributed by atoms with E-state index in [0.29, 0.717) is 25.2 Å². The summed E-state index contributed by atoms with van der Waals surface area (Å²) in [7, 11) is 0. The first-order valence-corrected chi connectivity index (χ1v) is 10.1. The molecule has 10 nitrogen and oxygen atoms in total. The number of nitro groups is 1. The van der Waals surface area contributed by atoms with Gasteiger partial charge in [0.05, 0.1) is 0 Å². The van der Waals surface area contributed by atoms with Gasteiger partial charge in [-0.3, -0.25) is 15.0 Å². The van der Waals surface area contributed by atoms with Crippen LogP contribution < -0.4 is 21.4 Å². The minimum Gasteiger partial charge on any atom is -0.352 e. The van der Waals surface area contributed by atoms with Gasteiger partial charge in [-0.1, -0.05) is 49.1 Å². The van der Waals surface area contributed by atoms with Gasteiger partial charge in [0.2, 0.25) is 11.8 Å². The molecule has 1 radical (unpaired) electrons. The molecule has 1 rings (SSSR count). The van der Waals surface area contributed by atoms with Gasteiger partial charge in [0.1, 0.15) is 6.04 Å². The third-order valence-corrected chi connectivity index (χ3v) is 4.15. The van der Waals surface area contributed by atoms with E-state index in [1.54, 1.807) is 18.0 Å². The number of carbonyl (C=O) groups is 2. The highest BCUT2D eigenvalue weighted by Gasteiger charge is 2.19. The fourth-order valence-corrected chi connectivity index (χ4v) is 2.48. The third-order valence-electron chi connectivity index (χ3n) is 4.15. The number of nitrogens with one attached hydrogen (secondary N) is 5. The minimum atomic E-state index is -0.837. The van der Waals surface area contributed by atoms with Gasteiger partial charge in [-0.05, 0) is 43.7 Å². The van der Waals surface area contributed by atoms with Gasteiger partial charge in [0.25, 0.3) is 5.96 Å². The van der Waals surface area contributed by atoms with Crippen LogP contribution in [0.4, 0.5) is 0 Å². The number of carbonyl (C=O) groups excluding carboxylic acids is 2. The number of benzene rings is 1. The lowest BCUT2D eigenvalue weighted by Crippen LogP contribution is -2.46. The molecule has 1 atom stereocenters. The van der Waals surface area contributed by atoms with E-state index >= 15 is 0 Å². The van der Waals surface area contributed by atoms with E-state index in [1.807, 2.05) is 45.0 Å². The second kappa shape index (κ2) is 13.7. The molecule has 0 unspecified atom stereocenters. The standard InChI is InChI=1S/C21H31N6O4/c1-15(2)12-14-23-20(29)18(5-4-13-24-21(22)26-27(30)31)25-19(28)11-10-17-8-6-16(3)7-9-17/h6-11,14-15,18H,4-5,12-13H2,1-3H3,(H,23,29)(H,25,28)(H3,22,24,26)/t18-/m0/s1. The Hall–Kier alpha value is -3.43. The summed E-state index contributed by atoms with van der Waals surface area (Å²) in [5.74, 6) is -0.798. The number of hydrogen-bond donors (Lipinski definition) is 5. The normalized spacial score (nSPS) is 11.7. The van der Waals surface area contributed by atoms with Gasteiger partial charge in [0.15, 0.2) is 5.03 Å². The van der Waals surface area contributed by atoms with Crippen LogP contribution in [-0.2, 0) is 9.59 Å². The summed E-state index contributed by atoms with van der Waals surface area (Å²) in [5.41, 5.74) is 3.68. The summed E-state index contributed by atoms with van der Waals surface area (Å²) in [6.45, 7) is 7.93. The molecule has 0 aromatic heterocycles. The van der Waals surface area contributed by atoms with Crippen molar-refractivity contribution in [3.8, 4) is 0 Å². The highest BCUT2D eigenvalue weighted by Crippen LogP contribution is 2.06. The summed E-state index contributed by atoms with van der Waals surface area (Å²) in [6.07, 6.45) is 4.44. The number of hydrazine groups is 1. The summed E-state index contributed by atoms with van der Waals surface area (Å²) in [5, 5.41) is 24.8. The first kappa shape index (κ1) is 25.6. The number of rotatable bonds is 12. The molecule has 5 N–H and O–H groups in total. The molecule has 1 aromatic carbocycles. The molecular formula is C21H31N6O4. The Kier molecular flexibility index (Phi) is 11.3. The van der Waals surface area contributed by atoms with Crippen molar-refractivity contribution in [1.29, 1.82) is 5.41 Å². The van der Waals surface area contributed by atoms with Crippen molar-refractivity contribution < 1.29 is 14.6 Å². The van der Waals surface area contributed by atoms with Crippen molar-refractivity contribution in [3.63, 3.8) is 0 Å². The van der Waals surface area contributed by atoms with Crippen LogP contribution in [0.2, 0.25) is 0 Å². The second-order valence-corrected chi connectivity index (χ2v) is 7.46. The Bertz CT molecular complexity index is 777. The molecule has 0 fully saturated rings. The highest BCUT2D eigenvalue weighted by atomic mass is 16.7. The van der Waals surface area contributed by atoms with Crippen molar-refractivity contribution >= 4 is 23.8 Å². The summed E-state index contributed by atoms with van der Waals surface area (Å²) >= 11 is 0. The quantitative estimate of drug-likeness (QED) is 0.0852. The number of nitrogens with zero attached hydrogens (tertiary/aromatic N) is 1. The third kappa shape index (κ3) is 12.0. The smallest absolute Gasteiger partial charge is 0.251 e. The molecule has 0 bridgehead atoms. The number of guanidine groups is 1. The van der Waals surface area contributed by atoms with Crippen LogP contribution >= 0.6 is 0 Å². The van der Waals surface area contributed by atoms with Crippen LogP contribution in [0.1, 0.15) is 44.2 Å². The molecular weight excluding hydrogens is 400 g/mol. The average molecular weight is 432 g/mol. The molecule has 0 aliphatic heterocycles. The van der Waals surface area contributed by atoms with E-state index < -0.39 is 22.9 Å². The van der Waals surface area contributed by atoms with E-state index in [1.165, 1.54) is 6.08 Å². The monoisotopic (exact) mass is 431 g/mol. The van der Waals surface area contributed by atoms with Crippen molar-refractivity contribution in [2.75, 3.05) is 6.54 Å². The van der Waals surface area contributed by atoms with Crippen molar-refractivity contribution in [1.82, 2.24) is 21.4 Å². The van der Waals surface area contributed by atoms with Crippen molar-refractivity contribution in [3.05, 3.63) is 58.1 Å². The maximum Gasteiger partial charge on any atom is 0.251 e. The number of aryl methyl sites for hydroxylation is 1. The van der Waals surface area contributed by atoms with E-state index in [4.69, 9.17) is 5.41 Å². The van der Waals surface area contributed by atoms with Crippen LogP contribution in [0.15, 0.2) is 30.3 Å². The lowest BCUT2D eigenvalue weighted by Gasteiger charge is -2.18. The van der Waals surface area contributed by atoms with E-state index in [-0.39, 0.29) is 12.5 Å². The Morgan fingerprint density at radius 2 is 1.90 bits per heavy atom. The summed E-state index contributed by atoms with van der Waals surface area (Å²) in [6, 6.07) is 6.89. The predicted molar refractivity (Wildman–Crippen MR) is 119 cm³/mol.